The number of ether oxygens (including phenoxy) is 1. The molecular formula is C22H20ClN5O4. The number of amides is 1. The average molecular weight is 454 g/mol. The third kappa shape index (κ3) is 4.78. The maximum absolute atomic E-state index is 12.9. The van der Waals surface area contributed by atoms with Crippen LogP contribution in [0.4, 0.5) is 11.5 Å². The van der Waals surface area contributed by atoms with Crippen molar-refractivity contribution in [2.24, 2.45) is 0 Å². The van der Waals surface area contributed by atoms with E-state index in [0.717, 1.165) is 0 Å². The number of hydrogen-bond donors (Lipinski definition) is 0. The van der Waals surface area contributed by atoms with Crippen molar-refractivity contribution in [2.75, 3.05) is 24.5 Å². The van der Waals surface area contributed by atoms with E-state index in [1.807, 2.05) is 6.92 Å². The van der Waals surface area contributed by atoms with E-state index in [4.69, 9.17) is 16.3 Å². The standard InChI is InChI=1S/C22H20ClN5O4/c1-15-13-26(9-10-27(15)22(29)16-5-7-18(8-6-16)28(30)31)20-12-21(25-14-24-20)32-19-4-2-3-17(23)11-19/h2-8,11-12,14-15H,9-10,13H2,1H3. The highest BCUT2D eigenvalue weighted by Crippen LogP contribution is 2.26. The maximum Gasteiger partial charge on any atom is 0.269 e. The number of piperazine rings is 1. The molecule has 1 fully saturated rings. The van der Waals surface area contributed by atoms with Crippen molar-refractivity contribution in [1.82, 2.24) is 14.9 Å². The van der Waals surface area contributed by atoms with E-state index in [1.54, 1.807) is 35.2 Å². The Morgan fingerprint density at radius 2 is 1.94 bits per heavy atom. The number of hydrogen-bond acceptors (Lipinski definition) is 7. The normalized spacial score (nSPS) is 16.0. The molecule has 9 nitrogen and oxygen atoms in total. The molecule has 0 N–H and O–H groups in total. The molecule has 0 radical (unpaired) electrons. The minimum atomic E-state index is -0.484. The maximum atomic E-state index is 12.9. The molecule has 0 spiro atoms. The van der Waals surface area contributed by atoms with Crippen LogP contribution in [0.15, 0.2) is 60.9 Å². The summed E-state index contributed by atoms with van der Waals surface area (Å²) in [7, 11) is 0. The summed E-state index contributed by atoms with van der Waals surface area (Å²) in [5, 5.41) is 11.4. The van der Waals surface area contributed by atoms with E-state index in [9.17, 15) is 14.9 Å². The molecule has 1 atom stereocenters. The van der Waals surface area contributed by atoms with Gasteiger partial charge in [-0.05, 0) is 37.3 Å². The van der Waals surface area contributed by atoms with Gasteiger partial charge in [0.05, 0.1) is 4.92 Å². The quantitative estimate of drug-likeness (QED) is 0.421. The number of non-ortho nitro benzene ring substituents is 1. The molecule has 0 bridgehead atoms. The largest absolute Gasteiger partial charge is 0.439 e. The second kappa shape index (κ2) is 9.19. The van der Waals surface area contributed by atoms with Crippen LogP contribution in [-0.4, -0.2) is 51.4 Å². The van der Waals surface area contributed by atoms with Gasteiger partial charge in [0.2, 0.25) is 5.88 Å². The van der Waals surface area contributed by atoms with Crippen molar-refractivity contribution < 1.29 is 14.5 Å². The number of nitro benzene ring substituents is 1. The highest BCUT2D eigenvalue weighted by atomic mass is 35.5. The molecule has 10 heteroatoms. The fourth-order valence-electron chi connectivity index (χ4n) is 3.57. The Bertz CT molecular complexity index is 1140. The van der Waals surface area contributed by atoms with Gasteiger partial charge in [-0.2, -0.15) is 0 Å². The predicted octanol–water partition coefficient (Wildman–Crippen LogP) is 4.18. The molecule has 3 aromatic rings. The number of rotatable bonds is 5. The van der Waals surface area contributed by atoms with E-state index in [1.165, 1.54) is 30.6 Å². The lowest BCUT2D eigenvalue weighted by atomic mass is 10.1. The minimum absolute atomic E-state index is 0.0426. The van der Waals surface area contributed by atoms with Gasteiger partial charge in [-0.1, -0.05) is 17.7 Å². The van der Waals surface area contributed by atoms with Crippen LogP contribution in [0.25, 0.3) is 0 Å². The van der Waals surface area contributed by atoms with E-state index in [0.29, 0.717) is 47.7 Å². The van der Waals surface area contributed by atoms with Gasteiger partial charge in [0.25, 0.3) is 11.6 Å². The summed E-state index contributed by atoms with van der Waals surface area (Å²) < 4.78 is 5.79. The number of carbonyl (C=O) groups excluding carboxylic acids is 1. The lowest BCUT2D eigenvalue weighted by molar-refractivity contribution is -0.384. The van der Waals surface area contributed by atoms with Gasteiger partial charge in [0.15, 0.2) is 0 Å². The second-order valence-electron chi connectivity index (χ2n) is 7.37. The summed E-state index contributed by atoms with van der Waals surface area (Å²) in [5.74, 6) is 1.52. The van der Waals surface area contributed by atoms with Gasteiger partial charge in [-0.15, -0.1) is 0 Å². The Morgan fingerprint density at radius 3 is 2.62 bits per heavy atom. The molecule has 32 heavy (non-hydrogen) atoms. The molecule has 0 saturated carbocycles. The van der Waals surface area contributed by atoms with E-state index >= 15 is 0 Å². The van der Waals surface area contributed by atoms with Gasteiger partial charge in [0, 0.05) is 54.5 Å². The summed E-state index contributed by atoms with van der Waals surface area (Å²) >= 11 is 6.00. The van der Waals surface area contributed by atoms with E-state index < -0.39 is 4.92 Å². The number of anilines is 1. The number of benzene rings is 2. The minimum Gasteiger partial charge on any atom is -0.439 e. The van der Waals surface area contributed by atoms with Crippen LogP contribution >= 0.6 is 11.6 Å². The number of halogens is 1. The lowest BCUT2D eigenvalue weighted by Gasteiger charge is -2.40. The van der Waals surface area contributed by atoms with Gasteiger partial charge in [0.1, 0.15) is 17.9 Å². The highest BCUT2D eigenvalue weighted by molar-refractivity contribution is 6.30. The van der Waals surface area contributed by atoms with Crippen LogP contribution in [-0.2, 0) is 0 Å². The number of nitro groups is 1. The fourth-order valence-corrected chi connectivity index (χ4v) is 3.75. The topological polar surface area (TPSA) is 102 Å². The highest BCUT2D eigenvalue weighted by Gasteiger charge is 2.29. The Balaban J connectivity index is 1.43. The van der Waals surface area contributed by atoms with Crippen molar-refractivity contribution in [1.29, 1.82) is 0 Å². The van der Waals surface area contributed by atoms with E-state index in [-0.39, 0.29) is 17.6 Å². The summed E-state index contributed by atoms with van der Waals surface area (Å²) in [4.78, 5) is 35.6. The molecule has 1 aliphatic heterocycles. The Hall–Kier alpha value is -3.72. The zero-order valence-corrected chi connectivity index (χ0v) is 18.0. The van der Waals surface area contributed by atoms with Gasteiger partial charge >= 0.3 is 0 Å². The first-order valence-corrected chi connectivity index (χ1v) is 10.3. The molecule has 1 unspecified atom stereocenters. The van der Waals surface area contributed by atoms with Crippen LogP contribution in [0, 0.1) is 10.1 Å². The molecule has 1 aliphatic rings. The third-order valence-corrected chi connectivity index (χ3v) is 5.42. The fraction of sp³-hybridized carbons (Fsp3) is 0.227. The van der Waals surface area contributed by atoms with Crippen molar-refractivity contribution in [3.05, 3.63) is 81.6 Å². The molecule has 164 valence electrons. The molecule has 1 aromatic heterocycles. The first-order valence-electron chi connectivity index (χ1n) is 9.96. The number of carbonyl (C=O) groups is 1. The Morgan fingerprint density at radius 1 is 1.16 bits per heavy atom. The van der Waals surface area contributed by atoms with Gasteiger partial charge in [-0.3, -0.25) is 14.9 Å². The van der Waals surface area contributed by atoms with Crippen LogP contribution in [0.3, 0.4) is 0 Å². The number of aromatic nitrogens is 2. The Labute approximate surface area is 189 Å². The van der Waals surface area contributed by atoms with Gasteiger partial charge in [-0.25, -0.2) is 9.97 Å². The van der Waals surface area contributed by atoms with Crippen molar-refractivity contribution in [2.45, 2.75) is 13.0 Å². The zero-order valence-electron chi connectivity index (χ0n) is 17.2. The van der Waals surface area contributed by atoms with Crippen molar-refractivity contribution in [3.63, 3.8) is 0 Å². The van der Waals surface area contributed by atoms with Gasteiger partial charge < -0.3 is 14.5 Å². The zero-order chi connectivity index (χ0) is 22.7. The molecule has 4 rings (SSSR count). The van der Waals surface area contributed by atoms with Crippen LogP contribution in [0.1, 0.15) is 17.3 Å². The smallest absolute Gasteiger partial charge is 0.269 e. The van der Waals surface area contributed by atoms with Crippen LogP contribution in [0.5, 0.6) is 11.6 Å². The van der Waals surface area contributed by atoms with Crippen molar-refractivity contribution in [3.8, 4) is 11.6 Å². The first kappa shape index (κ1) is 21.5. The summed E-state index contributed by atoms with van der Waals surface area (Å²) in [6, 6.07) is 14.4. The summed E-state index contributed by atoms with van der Waals surface area (Å²) in [5.41, 5.74) is 0.383. The molecule has 1 saturated heterocycles. The molecule has 0 aliphatic carbocycles. The van der Waals surface area contributed by atoms with E-state index in [2.05, 4.69) is 14.9 Å². The second-order valence-corrected chi connectivity index (χ2v) is 7.81. The van der Waals surface area contributed by atoms with Crippen LogP contribution in [0.2, 0.25) is 5.02 Å². The predicted molar refractivity (Wildman–Crippen MR) is 119 cm³/mol. The first-order chi connectivity index (χ1) is 15.4. The van der Waals surface area contributed by atoms with Crippen molar-refractivity contribution >= 4 is 29.0 Å². The summed E-state index contributed by atoms with van der Waals surface area (Å²) in [6.45, 7) is 3.61. The summed E-state index contributed by atoms with van der Waals surface area (Å²) in [6.07, 6.45) is 1.44. The monoisotopic (exact) mass is 453 g/mol. The van der Waals surface area contributed by atoms with Crippen LogP contribution < -0.4 is 9.64 Å². The molecule has 2 heterocycles. The lowest BCUT2D eigenvalue weighted by Crippen LogP contribution is -2.54. The third-order valence-electron chi connectivity index (χ3n) is 5.18. The SMILES string of the molecule is CC1CN(c2cc(Oc3cccc(Cl)c3)ncn2)CCN1C(=O)c1ccc([N+](=O)[O-])cc1. The Kier molecular flexibility index (Phi) is 6.18. The molecule has 2 aromatic carbocycles. The number of nitrogens with zero attached hydrogens (tertiary/aromatic N) is 5. The average Bonchev–Trinajstić information content (AvgIpc) is 2.79. The molecular weight excluding hydrogens is 434 g/mol. The molecule has 1 amide bonds.